The molecule has 0 bridgehead atoms. The largest absolute Gasteiger partial charge is 0.340 e. The Morgan fingerprint density at radius 1 is 1.14 bits per heavy atom. The summed E-state index contributed by atoms with van der Waals surface area (Å²) in [7, 11) is 0. The van der Waals surface area contributed by atoms with E-state index in [0.29, 0.717) is 6.42 Å². The third-order valence-corrected chi connectivity index (χ3v) is 2.89. The van der Waals surface area contributed by atoms with Crippen LogP contribution in [0, 0.1) is 0 Å². The smallest absolute Gasteiger partial charge is 0.331 e. The minimum absolute atomic E-state index is 0.194. The molecule has 1 aromatic heterocycles. The van der Waals surface area contributed by atoms with E-state index < -0.39 is 11.9 Å². The van der Waals surface area contributed by atoms with Crippen LogP contribution in [0.3, 0.4) is 0 Å². The number of carbonyl (C=O) groups excluding carboxylic acids is 2. The molecule has 5 nitrogen and oxygen atoms in total. The highest BCUT2D eigenvalue weighted by Gasteiger charge is 2.14. The van der Waals surface area contributed by atoms with Gasteiger partial charge in [0.05, 0.1) is 0 Å². The van der Waals surface area contributed by atoms with Gasteiger partial charge in [-0.1, -0.05) is 43.3 Å². The van der Waals surface area contributed by atoms with Crippen molar-refractivity contribution in [1.82, 2.24) is 10.5 Å². The van der Waals surface area contributed by atoms with Gasteiger partial charge >= 0.3 is 11.9 Å². The number of nitrogens with zero attached hydrogens (tertiary/aromatic N) is 1. The average molecular weight is 284 g/mol. The van der Waals surface area contributed by atoms with E-state index in [2.05, 4.69) is 15.3 Å². The lowest BCUT2D eigenvalue weighted by molar-refractivity contribution is -0.148. The highest BCUT2D eigenvalue weighted by Crippen LogP contribution is 2.12. The Hall–Kier alpha value is -2.69. The van der Waals surface area contributed by atoms with Crippen LogP contribution in [0.2, 0.25) is 0 Å². The number of benzene rings is 1. The van der Waals surface area contributed by atoms with E-state index >= 15 is 0 Å². The van der Waals surface area contributed by atoms with Crippen LogP contribution in [0.25, 0.3) is 0 Å². The summed E-state index contributed by atoms with van der Waals surface area (Å²) in [6.45, 7) is 1.65. The molecule has 0 aliphatic heterocycles. The van der Waals surface area contributed by atoms with Crippen LogP contribution < -0.4 is 5.48 Å². The first-order valence-electron chi connectivity index (χ1n) is 6.68. The number of hydroxylamine groups is 1. The summed E-state index contributed by atoms with van der Waals surface area (Å²) in [4.78, 5) is 31.8. The lowest BCUT2D eigenvalue weighted by Crippen LogP contribution is -2.28. The third-order valence-electron chi connectivity index (χ3n) is 2.89. The molecule has 0 fully saturated rings. The lowest BCUT2D eigenvalue weighted by Gasteiger charge is -2.09. The Morgan fingerprint density at radius 3 is 2.62 bits per heavy atom. The zero-order valence-electron chi connectivity index (χ0n) is 11.7. The van der Waals surface area contributed by atoms with Crippen molar-refractivity contribution < 1.29 is 14.4 Å². The van der Waals surface area contributed by atoms with Crippen LogP contribution in [-0.2, 0) is 16.1 Å². The standard InChI is InChI=1S/C16H16N2O3/c1-2-14(19)21-18-16(20)15-13(9-6-10-17-15)11-12-7-4-3-5-8-12/h3-10H,2,11H2,1H3,(H,18,20). The molecule has 108 valence electrons. The van der Waals surface area contributed by atoms with Crippen LogP contribution >= 0.6 is 0 Å². The van der Waals surface area contributed by atoms with E-state index in [1.54, 1.807) is 13.0 Å². The van der Waals surface area contributed by atoms with E-state index in [0.717, 1.165) is 11.1 Å². The molecule has 1 amide bonds. The van der Waals surface area contributed by atoms with Gasteiger partial charge in [-0.2, -0.15) is 5.48 Å². The van der Waals surface area contributed by atoms with Gasteiger partial charge < -0.3 is 4.84 Å². The molecule has 0 spiro atoms. The number of carbonyl (C=O) groups is 2. The van der Waals surface area contributed by atoms with Crippen molar-refractivity contribution in [2.24, 2.45) is 0 Å². The molecule has 1 N–H and O–H groups in total. The maximum absolute atomic E-state index is 12.0. The van der Waals surface area contributed by atoms with Gasteiger partial charge in [0.2, 0.25) is 0 Å². The molecule has 21 heavy (non-hydrogen) atoms. The van der Waals surface area contributed by atoms with E-state index in [1.807, 2.05) is 36.4 Å². The quantitative estimate of drug-likeness (QED) is 0.874. The van der Waals surface area contributed by atoms with Gasteiger partial charge in [-0.25, -0.2) is 4.79 Å². The first-order valence-corrected chi connectivity index (χ1v) is 6.68. The molecule has 2 aromatic rings. The Labute approximate surface area is 122 Å². The van der Waals surface area contributed by atoms with Crippen LogP contribution in [0.1, 0.15) is 35.0 Å². The second kappa shape index (κ2) is 7.19. The van der Waals surface area contributed by atoms with Crippen molar-refractivity contribution in [3.8, 4) is 0 Å². The number of hydrogen-bond acceptors (Lipinski definition) is 4. The fraction of sp³-hybridized carbons (Fsp3) is 0.188. The first-order chi connectivity index (χ1) is 10.2. The molecule has 0 aliphatic rings. The van der Waals surface area contributed by atoms with Crippen molar-refractivity contribution in [3.05, 3.63) is 65.5 Å². The Morgan fingerprint density at radius 2 is 1.90 bits per heavy atom. The fourth-order valence-corrected chi connectivity index (χ4v) is 1.83. The summed E-state index contributed by atoms with van der Waals surface area (Å²) in [6, 6.07) is 13.4. The van der Waals surface area contributed by atoms with Crippen LogP contribution in [-0.4, -0.2) is 16.9 Å². The van der Waals surface area contributed by atoms with Gasteiger partial charge in [-0.3, -0.25) is 9.78 Å². The van der Waals surface area contributed by atoms with Crippen molar-refractivity contribution >= 4 is 11.9 Å². The summed E-state index contributed by atoms with van der Waals surface area (Å²) in [6.07, 6.45) is 2.31. The van der Waals surface area contributed by atoms with Crippen LogP contribution in [0.15, 0.2) is 48.7 Å². The minimum Gasteiger partial charge on any atom is -0.340 e. The summed E-state index contributed by atoms with van der Waals surface area (Å²) in [5.74, 6) is -1.02. The Balaban J connectivity index is 2.13. The average Bonchev–Trinajstić information content (AvgIpc) is 2.53. The second-order valence-corrected chi connectivity index (χ2v) is 4.43. The van der Waals surface area contributed by atoms with Gasteiger partial charge in [-0.15, -0.1) is 0 Å². The van der Waals surface area contributed by atoms with Gasteiger partial charge in [0.15, 0.2) is 0 Å². The van der Waals surface area contributed by atoms with Gasteiger partial charge in [0.25, 0.3) is 0 Å². The Kier molecular flexibility index (Phi) is 5.04. The molecule has 2 rings (SSSR count). The molecular weight excluding hydrogens is 268 g/mol. The number of amides is 1. The summed E-state index contributed by atoms with van der Waals surface area (Å²) >= 11 is 0. The molecule has 0 unspecified atom stereocenters. The van der Waals surface area contributed by atoms with Gasteiger partial charge in [0.1, 0.15) is 5.69 Å². The molecule has 0 saturated heterocycles. The summed E-state index contributed by atoms with van der Waals surface area (Å²) < 4.78 is 0. The highest BCUT2D eigenvalue weighted by atomic mass is 16.7. The van der Waals surface area contributed by atoms with Crippen molar-refractivity contribution in [2.45, 2.75) is 19.8 Å². The predicted octanol–water partition coefficient (Wildman–Crippen LogP) is 2.27. The summed E-state index contributed by atoms with van der Waals surface area (Å²) in [5.41, 5.74) is 4.23. The zero-order valence-corrected chi connectivity index (χ0v) is 11.7. The molecule has 0 aliphatic carbocycles. The topological polar surface area (TPSA) is 68.3 Å². The van der Waals surface area contributed by atoms with Crippen LogP contribution in [0.4, 0.5) is 0 Å². The minimum atomic E-state index is -0.525. The predicted molar refractivity (Wildman–Crippen MR) is 77.3 cm³/mol. The number of pyridine rings is 1. The SMILES string of the molecule is CCC(=O)ONC(=O)c1ncccc1Cc1ccccc1. The molecular formula is C16H16N2O3. The lowest BCUT2D eigenvalue weighted by atomic mass is 10.0. The molecule has 0 radical (unpaired) electrons. The fourth-order valence-electron chi connectivity index (χ4n) is 1.83. The molecule has 0 atom stereocenters. The molecule has 5 heteroatoms. The number of aromatic nitrogens is 1. The number of rotatable bonds is 4. The first kappa shape index (κ1) is 14.7. The van der Waals surface area contributed by atoms with E-state index in [-0.39, 0.29) is 12.1 Å². The highest BCUT2D eigenvalue weighted by molar-refractivity contribution is 5.93. The monoisotopic (exact) mass is 284 g/mol. The Bertz CT molecular complexity index is 626. The van der Waals surface area contributed by atoms with Crippen molar-refractivity contribution in [1.29, 1.82) is 0 Å². The third kappa shape index (κ3) is 4.14. The van der Waals surface area contributed by atoms with E-state index in [9.17, 15) is 9.59 Å². The van der Waals surface area contributed by atoms with Crippen molar-refractivity contribution in [3.63, 3.8) is 0 Å². The molecule has 1 heterocycles. The van der Waals surface area contributed by atoms with E-state index in [4.69, 9.17) is 0 Å². The van der Waals surface area contributed by atoms with Gasteiger partial charge in [0, 0.05) is 12.6 Å². The van der Waals surface area contributed by atoms with Crippen molar-refractivity contribution in [2.75, 3.05) is 0 Å². The molecule has 0 saturated carbocycles. The molecule has 1 aromatic carbocycles. The zero-order chi connectivity index (χ0) is 15.1. The second-order valence-electron chi connectivity index (χ2n) is 4.43. The normalized spacial score (nSPS) is 9.95. The summed E-state index contributed by atoms with van der Waals surface area (Å²) in [5, 5.41) is 0. The van der Waals surface area contributed by atoms with Gasteiger partial charge in [-0.05, 0) is 23.6 Å². The maximum Gasteiger partial charge on any atom is 0.331 e. The van der Waals surface area contributed by atoms with Crippen LogP contribution in [0.5, 0.6) is 0 Å². The number of nitrogens with one attached hydrogen (secondary N) is 1. The van der Waals surface area contributed by atoms with E-state index in [1.165, 1.54) is 6.20 Å². The maximum atomic E-state index is 12.0. The number of hydrogen-bond donors (Lipinski definition) is 1.